The third-order valence-electron chi connectivity index (χ3n) is 6.71. The summed E-state index contributed by atoms with van der Waals surface area (Å²) in [5.74, 6) is 0.0274. The maximum atomic E-state index is 12.7. The number of nitrogens with zero attached hydrogens (tertiary/aromatic N) is 2. The molecule has 2 saturated heterocycles. The van der Waals surface area contributed by atoms with E-state index >= 15 is 0 Å². The highest BCUT2D eigenvalue weighted by Gasteiger charge is 2.26. The molecule has 2 aromatic rings. The van der Waals surface area contributed by atoms with E-state index < -0.39 is 0 Å². The highest BCUT2D eigenvalue weighted by atomic mass is 16.2. The van der Waals surface area contributed by atoms with Crippen molar-refractivity contribution >= 4 is 23.8 Å². The molecule has 2 aliphatic rings. The molecular formula is C28H33N3O3. The average molecular weight is 460 g/mol. The fourth-order valence-corrected chi connectivity index (χ4v) is 4.58. The fraction of sp³-hybridized carbons (Fsp3) is 0.393. The van der Waals surface area contributed by atoms with Crippen molar-refractivity contribution in [2.45, 2.75) is 38.6 Å². The minimum Gasteiger partial charge on any atom is -0.352 e. The minimum atomic E-state index is -0.0814. The standard InChI is InChI=1S/C28H33N3O3/c32-26(14-11-22-7-3-1-4-8-22)30-19-15-24(16-20-30)27(33)29-21-23-9-12-25(13-10-23)28(34)31-17-5-2-6-18-31/h1,3-4,7-14,24H,2,5-6,15-21H2,(H,29,33)/b14-11+. The Morgan fingerprint density at radius 2 is 1.50 bits per heavy atom. The molecule has 4 rings (SSSR count). The molecule has 3 amide bonds. The zero-order valence-electron chi connectivity index (χ0n) is 19.6. The lowest BCUT2D eigenvalue weighted by Gasteiger charge is -2.30. The number of hydrogen-bond donors (Lipinski definition) is 1. The summed E-state index contributed by atoms with van der Waals surface area (Å²) >= 11 is 0. The summed E-state index contributed by atoms with van der Waals surface area (Å²) in [5, 5.41) is 3.02. The molecule has 0 unspecified atom stereocenters. The summed E-state index contributed by atoms with van der Waals surface area (Å²) < 4.78 is 0. The second-order valence-corrected chi connectivity index (χ2v) is 9.11. The summed E-state index contributed by atoms with van der Waals surface area (Å²) in [4.78, 5) is 41.4. The lowest BCUT2D eigenvalue weighted by atomic mass is 9.95. The first-order chi connectivity index (χ1) is 16.6. The van der Waals surface area contributed by atoms with E-state index in [1.165, 1.54) is 6.42 Å². The van der Waals surface area contributed by atoms with Gasteiger partial charge in [-0.3, -0.25) is 14.4 Å². The smallest absolute Gasteiger partial charge is 0.253 e. The fourth-order valence-electron chi connectivity index (χ4n) is 4.58. The Kier molecular flexibility index (Phi) is 8.12. The number of amides is 3. The summed E-state index contributed by atoms with van der Waals surface area (Å²) in [7, 11) is 0. The Morgan fingerprint density at radius 3 is 2.18 bits per heavy atom. The quantitative estimate of drug-likeness (QED) is 0.667. The highest BCUT2D eigenvalue weighted by Crippen LogP contribution is 2.19. The van der Waals surface area contributed by atoms with E-state index in [0.29, 0.717) is 38.0 Å². The van der Waals surface area contributed by atoms with Gasteiger partial charge < -0.3 is 15.1 Å². The normalized spacial score (nSPS) is 17.1. The topological polar surface area (TPSA) is 69.7 Å². The second kappa shape index (κ2) is 11.6. The van der Waals surface area contributed by atoms with Gasteiger partial charge in [0.2, 0.25) is 11.8 Å². The number of carbonyl (C=O) groups is 3. The zero-order valence-corrected chi connectivity index (χ0v) is 19.6. The molecule has 0 atom stereocenters. The summed E-state index contributed by atoms with van der Waals surface area (Å²) in [6.45, 7) is 3.29. The van der Waals surface area contributed by atoms with E-state index in [0.717, 1.165) is 37.1 Å². The lowest BCUT2D eigenvalue weighted by molar-refractivity contribution is -0.132. The van der Waals surface area contributed by atoms with Gasteiger partial charge in [-0.2, -0.15) is 0 Å². The van der Waals surface area contributed by atoms with Gasteiger partial charge >= 0.3 is 0 Å². The number of piperidine rings is 2. The number of rotatable bonds is 6. The summed E-state index contributed by atoms with van der Waals surface area (Å²) in [6.07, 6.45) is 8.12. The largest absolute Gasteiger partial charge is 0.352 e. The van der Waals surface area contributed by atoms with Crippen LogP contribution >= 0.6 is 0 Å². The number of nitrogens with one attached hydrogen (secondary N) is 1. The predicted molar refractivity (Wildman–Crippen MR) is 133 cm³/mol. The Hall–Kier alpha value is -3.41. The maximum Gasteiger partial charge on any atom is 0.253 e. The maximum absolute atomic E-state index is 12.7. The van der Waals surface area contributed by atoms with Crippen LogP contribution in [-0.4, -0.2) is 53.7 Å². The molecule has 0 spiro atoms. The molecule has 34 heavy (non-hydrogen) atoms. The summed E-state index contributed by atoms with van der Waals surface area (Å²) in [6, 6.07) is 17.3. The van der Waals surface area contributed by atoms with Crippen molar-refractivity contribution in [1.29, 1.82) is 0 Å². The van der Waals surface area contributed by atoms with E-state index in [2.05, 4.69) is 5.32 Å². The highest BCUT2D eigenvalue weighted by molar-refractivity contribution is 5.94. The van der Waals surface area contributed by atoms with Gasteiger partial charge in [-0.15, -0.1) is 0 Å². The van der Waals surface area contributed by atoms with Crippen molar-refractivity contribution in [1.82, 2.24) is 15.1 Å². The summed E-state index contributed by atoms with van der Waals surface area (Å²) in [5.41, 5.74) is 2.67. The van der Waals surface area contributed by atoms with Crippen LogP contribution in [-0.2, 0) is 16.1 Å². The SMILES string of the molecule is O=C(NCc1ccc(C(=O)N2CCCCC2)cc1)C1CCN(C(=O)/C=C/c2ccccc2)CC1. The van der Waals surface area contributed by atoms with Crippen molar-refractivity contribution < 1.29 is 14.4 Å². The van der Waals surface area contributed by atoms with Crippen molar-refractivity contribution in [3.63, 3.8) is 0 Å². The van der Waals surface area contributed by atoms with E-state index in [1.54, 1.807) is 11.0 Å². The van der Waals surface area contributed by atoms with Crippen LogP contribution in [0.25, 0.3) is 6.08 Å². The Bertz CT molecular complexity index is 1000. The van der Waals surface area contributed by atoms with Gasteiger partial charge in [0.1, 0.15) is 0 Å². The van der Waals surface area contributed by atoms with Crippen LogP contribution < -0.4 is 5.32 Å². The lowest BCUT2D eigenvalue weighted by Crippen LogP contribution is -2.42. The Morgan fingerprint density at radius 1 is 0.824 bits per heavy atom. The molecule has 178 valence electrons. The molecule has 2 heterocycles. The van der Waals surface area contributed by atoms with E-state index in [-0.39, 0.29) is 23.6 Å². The van der Waals surface area contributed by atoms with Crippen molar-refractivity contribution in [3.05, 3.63) is 77.4 Å². The van der Waals surface area contributed by atoms with Crippen LogP contribution in [0.3, 0.4) is 0 Å². The first-order valence-electron chi connectivity index (χ1n) is 12.3. The van der Waals surface area contributed by atoms with Crippen molar-refractivity contribution in [3.8, 4) is 0 Å². The third-order valence-corrected chi connectivity index (χ3v) is 6.71. The Labute approximate surface area is 201 Å². The van der Waals surface area contributed by atoms with Gasteiger partial charge in [0, 0.05) is 50.3 Å². The third kappa shape index (κ3) is 6.34. The molecule has 0 aliphatic carbocycles. The predicted octanol–water partition coefficient (Wildman–Crippen LogP) is 3.88. The number of likely N-dealkylation sites (tertiary alicyclic amines) is 2. The number of carbonyl (C=O) groups excluding carboxylic acids is 3. The monoisotopic (exact) mass is 459 g/mol. The van der Waals surface area contributed by atoms with Crippen LogP contribution in [0.1, 0.15) is 53.6 Å². The first kappa shape index (κ1) is 23.7. The van der Waals surface area contributed by atoms with E-state index in [1.807, 2.05) is 65.6 Å². The van der Waals surface area contributed by atoms with Gasteiger partial charge in [-0.05, 0) is 61.4 Å². The first-order valence-corrected chi connectivity index (χ1v) is 12.3. The molecule has 0 aromatic heterocycles. The molecule has 0 saturated carbocycles. The van der Waals surface area contributed by atoms with Gasteiger partial charge in [0.15, 0.2) is 0 Å². The van der Waals surface area contributed by atoms with Crippen LogP contribution in [0, 0.1) is 5.92 Å². The molecule has 0 bridgehead atoms. The van der Waals surface area contributed by atoms with E-state index in [4.69, 9.17) is 0 Å². The molecule has 2 aliphatic heterocycles. The zero-order chi connectivity index (χ0) is 23.8. The van der Waals surface area contributed by atoms with E-state index in [9.17, 15) is 14.4 Å². The van der Waals surface area contributed by atoms with Gasteiger partial charge in [0.25, 0.3) is 5.91 Å². The van der Waals surface area contributed by atoms with Crippen LogP contribution in [0.2, 0.25) is 0 Å². The Balaban J connectivity index is 1.20. The number of hydrogen-bond acceptors (Lipinski definition) is 3. The van der Waals surface area contributed by atoms with Crippen molar-refractivity contribution in [2.75, 3.05) is 26.2 Å². The molecule has 6 heteroatoms. The van der Waals surface area contributed by atoms with Crippen LogP contribution in [0.4, 0.5) is 0 Å². The second-order valence-electron chi connectivity index (χ2n) is 9.11. The number of benzene rings is 2. The minimum absolute atomic E-state index is 0.0121. The molecule has 0 radical (unpaired) electrons. The van der Waals surface area contributed by atoms with Gasteiger partial charge in [-0.25, -0.2) is 0 Å². The van der Waals surface area contributed by atoms with Gasteiger partial charge in [0.05, 0.1) is 0 Å². The van der Waals surface area contributed by atoms with Crippen LogP contribution in [0.5, 0.6) is 0 Å². The molecule has 1 N–H and O–H groups in total. The van der Waals surface area contributed by atoms with Gasteiger partial charge in [-0.1, -0.05) is 42.5 Å². The molecule has 6 nitrogen and oxygen atoms in total. The molecular weight excluding hydrogens is 426 g/mol. The average Bonchev–Trinajstić information content (AvgIpc) is 2.91. The molecule has 2 fully saturated rings. The van der Waals surface area contributed by atoms with Crippen molar-refractivity contribution in [2.24, 2.45) is 5.92 Å². The van der Waals surface area contributed by atoms with Crippen LogP contribution in [0.15, 0.2) is 60.7 Å². The molecule has 2 aromatic carbocycles.